The Kier molecular flexibility index (Phi) is 2.84. The van der Waals surface area contributed by atoms with E-state index in [1.54, 1.807) is 6.20 Å². The summed E-state index contributed by atoms with van der Waals surface area (Å²) in [5, 5.41) is 6.58. The molecule has 0 saturated carbocycles. The molecule has 1 N–H and O–H groups in total. The molecule has 0 aliphatic carbocycles. The minimum atomic E-state index is 0.527. The molecule has 2 aromatic rings. The van der Waals surface area contributed by atoms with Crippen LogP contribution in [0.25, 0.3) is 0 Å². The lowest BCUT2D eigenvalue weighted by Crippen LogP contribution is -1.94. The highest BCUT2D eigenvalue weighted by molar-refractivity contribution is 9.10. The Morgan fingerprint density at radius 2 is 2.21 bits per heavy atom. The van der Waals surface area contributed by atoms with Gasteiger partial charge in [0.15, 0.2) is 0 Å². The molecule has 72 valence electrons. The van der Waals surface area contributed by atoms with Crippen LogP contribution in [0, 0.1) is 0 Å². The average molecular weight is 253 g/mol. The molecule has 0 radical (unpaired) electrons. The Balaban J connectivity index is 2.02. The molecule has 0 aliphatic heterocycles. The summed E-state index contributed by atoms with van der Waals surface area (Å²) in [6.07, 6.45) is 3.56. The Hall–Kier alpha value is -1.29. The quantitative estimate of drug-likeness (QED) is 0.913. The van der Waals surface area contributed by atoms with Crippen LogP contribution in [0.2, 0.25) is 0 Å². The van der Waals surface area contributed by atoms with E-state index in [0.717, 1.165) is 15.8 Å². The summed E-state index contributed by atoms with van der Waals surface area (Å²) < 4.78 is 6.54. The van der Waals surface area contributed by atoms with E-state index in [1.165, 1.54) is 0 Å². The lowest BCUT2D eigenvalue weighted by Gasteiger charge is -2.05. The molecular weight excluding hydrogens is 244 g/mol. The molecule has 3 nitrogen and oxygen atoms in total. The van der Waals surface area contributed by atoms with Crippen molar-refractivity contribution in [3.05, 3.63) is 46.7 Å². The lowest BCUT2D eigenvalue weighted by atomic mass is 10.3. The van der Waals surface area contributed by atoms with Crippen LogP contribution >= 0.6 is 15.9 Å². The van der Waals surface area contributed by atoms with Gasteiger partial charge >= 0.3 is 0 Å². The summed E-state index contributed by atoms with van der Waals surface area (Å²) in [5.74, 6) is 0.841. The van der Waals surface area contributed by atoms with E-state index in [1.807, 2.05) is 30.5 Å². The van der Waals surface area contributed by atoms with Gasteiger partial charge in [0.2, 0.25) is 0 Å². The fourth-order valence-corrected chi connectivity index (χ4v) is 1.48. The van der Waals surface area contributed by atoms with Crippen molar-refractivity contribution in [3.63, 3.8) is 0 Å². The summed E-state index contributed by atoms with van der Waals surface area (Å²) in [7, 11) is 0. The monoisotopic (exact) mass is 252 g/mol. The van der Waals surface area contributed by atoms with Gasteiger partial charge in [0.25, 0.3) is 0 Å². The first-order chi connectivity index (χ1) is 6.86. The highest BCUT2D eigenvalue weighted by atomic mass is 79.9. The van der Waals surface area contributed by atoms with Crippen molar-refractivity contribution < 1.29 is 4.74 Å². The number of nitrogens with zero attached hydrogens (tertiary/aromatic N) is 1. The zero-order chi connectivity index (χ0) is 9.80. The predicted molar refractivity (Wildman–Crippen MR) is 57.1 cm³/mol. The molecule has 0 atom stereocenters. The second kappa shape index (κ2) is 4.28. The fraction of sp³-hybridized carbons (Fsp3) is 0.100. The summed E-state index contributed by atoms with van der Waals surface area (Å²) in [6, 6.07) is 7.76. The Bertz CT molecular complexity index is 400. The maximum Gasteiger partial charge on any atom is 0.133 e. The third kappa shape index (κ3) is 2.14. The van der Waals surface area contributed by atoms with Crippen LogP contribution in [0.4, 0.5) is 0 Å². The van der Waals surface area contributed by atoms with E-state index in [9.17, 15) is 0 Å². The van der Waals surface area contributed by atoms with Crippen LogP contribution in [0.15, 0.2) is 41.1 Å². The number of nitrogens with one attached hydrogen (secondary N) is 1. The standard InChI is InChI=1S/C10H9BrN2O/c11-9-3-1-2-4-10(9)14-7-8-5-12-13-6-8/h1-6H,7H2,(H,12,13). The van der Waals surface area contributed by atoms with Gasteiger partial charge in [0.05, 0.1) is 10.7 Å². The number of halogens is 1. The molecule has 0 aliphatic rings. The molecule has 0 amide bonds. The smallest absolute Gasteiger partial charge is 0.133 e. The maximum atomic E-state index is 5.57. The zero-order valence-corrected chi connectivity index (χ0v) is 8.99. The van der Waals surface area contributed by atoms with Crippen molar-refractivity contribution in [2.24, 2.45) is 0 Å². The van der Waals surface area contributed by atoms with Gasteiger partial charge in [-0.25, -0.2) is 0 Å². The van der Waals surface area contributed by atoms with Crippen LogP contribution in [0.3, 0.4) is 0 Å². The number of aromatic amines is 1. The van der Waals surface area contributed by atoms with Gasteiger partial charge in [-0.2, -0.15) is 5.10 Å². The molecule has 1 heterocycles. The van der Waals surface area contributed by atoms with Gasteiger partial charge in [-0.15, -0.1) is 0 Å². The van der Waals surface area contributed by atoms with Crippen LogP contribution in [0.5, 0.6) is 5.75 Å². The molecule has 0 fully saturated rings. The van der Waals surface area contributed by atoms with Crippen LogP contribution in [-0.2, 0) is 6.61 Å². The van der Waals surface area contributed by atoms with E-state index in [4.69, 9.17) is 4.74 Å². The SMILES string of the molecule is Brc1ccccc1OCc1cn[nH]c1. The van der Waals surface area contributed by atoms with Crippen LogP contribution in [-0.4, -0.2) is 10.2 Å². The molecule has 0 saturated heterocycles. The van der Waals surface area contributed by atoms with Crippen molar-refractivity contribution in [1.82, 2.24) is 10.2 Å². The second-order valence-electron chi connectivity index (χ2n) is 2.83. The molecule has 4 heteroatoms. The Labute approximate surface area is 90.2 Å². The molecule has 14 heavy (non-hydrogen) atoms. The number of para-hydroxylation sites is 1. The number of H-pyrrole nitrogens is 1. The molecule has 1 aromatic heterocycles. The van der Waals surface area contributed by atoms with Crippen LogP contribution in [0.1, 0.15) is 5.56 Å². The Morgan fingerprint density at radius 1 is 1.36 bits per heavy atom. The van der Waals surface area contributed by atoms with E-state index in [0.29, 0.717) is 6.61 Å². The van der Waals surface area contributed by atoms with Gasteiger partial charge in [-0.3, -0.25) is 5.10 Å². The average Bonchev–Trinajstić information content (AvgIpc) is 2.69. The number of hydrogen-bond donors (Lipinski definition) is 1. The number of hydrogen-bond acceptors (Lipinski definition) is 2. The molecule has 0 bridgehead atoms. The zero-order valence-electron chi connectivity index (χ0n) is 7.40. The molecule has 0 unspecified atom stereocenters. The Morgan fingerprint density at radius 3 is 2.93 bits per heavy atom. The van der Waals surface area contributed by atoms with Gasteiger partial charge in [0, 0.05) is 11.8 Å². The second-order valence-corrected chi connectivity index (χ2v) is 3.68. The molecule has 2 rings (SSSR count). The third-order valence-corrected chi connectivity index (χ3v) is 2.44. The topological polar surface area (TPSA) is 37.9 Å². The summed E-state index contributed by atoms with van der Waals surface area (Å²) >= 11 is 3.41. The first kappa shape index (κ1) is 9.27. The molecular formula is C10H9BrN2O. The predicted octanol–water partition coefficient (Wildman–Crippen LogP) is 2.75. The summed E-state index contributed by atoms with van der Waals surface area (Å²) in [6.45, 7) is 0.527. The first-order valence-electron chi connectivity index (χ1n) is 4.21. The van der Waals surface area contributed by atoms with Gasteiger partial charge in [-0.05, 0) is 28.1 Å². The van der Waals surface area contributed by atoms with Crippen molar-refractivity contribution in [1.29, 1.82) is 0 Å². The van der Waals surface area contributed by atoms with Crippen molar-refractivity contribution in [2.45, 2.75) is 6.61 Å². The first-order valence-corrected chi connectivity index (χ1v) is 5.00. The normalized spacial score (nSPS) is 10.1. The molecule has 0 spiro atoms. The number of benzene rings is 1. The van der Waals surface area contributed by atoms with E-state index in [2.05, 4.69) is 26.1 Å². The van der Waals surface area contributed by atoms with E-state index in [-0.39, 0.29) is 0 Å². The van der Waals surface area contributed by atoms with Gasteiger partial charge in [-0.1, -0.05) is 12.1 Å². The van der Waals surface area contributed by atoms with Gasteiger partial charge < -0.3 is 4.74 Å². The van der Waals surface area contributed by atoms with Gasteiger partial charge in [0.1, 0.15) is 12.4 Å². The number of ether oxygens (including phenoxy) is 1. The largest absolute Gasteiger partial charge is 0.488 e. The molecule has 1 aromatic carbocycles. The van der Waals surface area contributed by atoms with Crippen molar-refractivity contribution in [3.8, 4) is 5.75 Å². The highest BCUT2D eigenvalue weighted by Gasteiger charge is 1.99. The minimum Gasteiger partial charge on any atom is -0.488 e. The number of aromatic nitrogens is 2. The van der Waals surface area contributed by atoms with Crippen LogP contribution < -0.4 is 4.74 Å². The highest BCUT2D eigenvalue weighted by Crippen LogP contribution is 2.24. The van der Waals surface area contributed by atoms with Crippen molar-refractivity contribution >= 4 is 15.9 Å². The fourth-order valence-electron chi connectivity index (χ4n) is 1.08. The van der Waals surface area contributed by atoms with Crippen molar-refractivity contribution in [2.75, 3.05) is 0 Å². The third-order valence-electron chi connectivity index (χ3n) is 1.79. The summed E-state index contributed by atoms with van der Waals surface area (Å²) in [4.78, 5) is 0. The van der Waals surface area contributed by atoms with E-state index < -0.39 is 0 Å². The maximum absolute atomic E-state index is 5.57. The minimum absolute atomic E-state index is 0.527. The number of rotatable bonds is 3. The van der Waals surface area contributed by atoms with E-state index >= 15 is 0 Å². The lowest BCUT2D eigenvalue weighted by molar-refractivity contribution is 0.304. The summed E-state index contributed by atoms with van der Waals surface area (Å²) in [5.41, 5.74) is 1.03.